The molecule has 0 atom stereocenters. The number of hydrogen-bond donors (Lipinski definition) is 1. The fourth-order valence-corrected chi connectivity index (χ4v) is 2.12. The Labute approximate surface area is 123 Å². The summed E-state index contributed by atoms with van der Waals surface area (Å²) in [5, 5.41) is 3.75. The highest BCUT2D eigenvalue weighted by atomic mass is 79.9. The van der Waals surface area contributed by atoms with Crippen LogP contribution in [0.1, 0.15) is 16.1 Å². The van der Waals surface area contributed by atoms with Crippen molar-refractivity contribution in [2.75, 3.05) is 12.4 Å². The summed E-state index contributed by atoms with van der Waals surface area (Å²) < 4.78 is 10.7. The van der Waals surface area contributed by atoms with Crippen molar-refractivity contribution in [2.45, 2.75) is 6.54 Å². The molecule has 100 valence electrons. The van der Waals surface area contributed by atoms with Gasteiger partial charge >= 0.3 is 5.97 Å². The molecule has 4 nitrogen and oxygen atoms in total. The number of carbonyl (C=O) groups is 1. The third kappa shape index (κ3) is 3.30. The van der Waals surface area contributed by atoms with Crippen molar-refractivity contribution in [2.24, 2.45) is 0 Å². The molecule has 6 heteroatoms. The van der Waals surface area contributed by atoms with E-state index < -0.39 is 5.97 Å². The smallest absolute Gasteiger partial charge is 0.374 e. The molecule has 0 amide bonds. The van der Waals surface area contributed by atoms with Crippen molar-refractivity contribution in [3.8, 4) is 0 Å². The van der Waals surface area contributed by atoms with Crippen LogP contribution in [0.4, 0.5) is 5.69 Å². The number of carbonyl (C=O) groups excluding carboxylic acids is 1. The average Bonchev–Trinajstić information content (AvgIpc) is 2.87. The maximum atomic E-state index is 11.5. The Kier molecular flexibility index (Phi) is 4.50. The van der Waals surface area contributed by atoms with Crippen LogP contribution >= 0.6 is 27.5 Å². The summed E-state index contributed by atoms with van der Waals surface area (Å²) in [6.45, 7) is 0.414. The third-order valence-corrected chi connectivity index (χ3v) is 3.34. The van der Waals surface area contributed by atoms with Crippen molar-refractivity contribution in [3.63, 3.8) is 0 Å². The van der Waals surface area contributed by atoms with Crippen LogP contribution in [0.3, 0.4) is 0 Å². The number of anilines is 1. The summed E-state index contributed by atoms with van der Waals surface area (Å²) in [7, 11) is 1.31. The topological polar surface area (TPSA) is 51.5 Å². The minimum Gasteiger partial charge on any atom is -0.463 e. The molecule has 1 aromatic heterocycles. The van der Waals surface area contributed by atoms with Gasteiger partial charge in [-0.25, -0.2) is 4.79 Å². The Bertz CT molecular complexity index is 597. The summed E-state index contributed by atoms with van der Waals surface area (Å²) in [6.07, 6.45) is 1.45. The summed E-state index contributed by atoms with van der Waals surface area (Å²) in [6, 6.07) is 7.21. The fraction of sp³-hybridized carbons (Fsp3) is 0.154. The number of methoxy groups -OCH3 is 1. The zero-order valence-corrected chi connectivity index (χ0v) is 12.4. The lowest BCUT2D eigenvalue weighted by Crippen LogP contribution is -2.07. The number of esters is 1. The first-order chi connectivity index (χ1) is 9.11. The molecule has 0 spiro atoms. The minimum atomic E-state index is -0.498. The molecule has 1 N–H and O–H groups in total. The van der Waals surface area contributed by atoms with Crippen LogP contribution in [0.15, 0.2) is 39.4 Å². The zero-order chi connectivity index (χ0) is 13.8. The van der Waals surface area contributed by atoms with Gasteiger partial charge in [0.1, 0.15) is 0 Å². The predicted molar refractivity (Wildman–Crippen MR) is 76.5 cm³/mol. The van der Waals surface area contributed by atoms with Crippen molar-refractivity contribution in [3.05, 3.63) is 51.3 Å². The van der Waals surface area contributed by atoms with Gasteiger partial charge in [0, 0.05) is 16.6 Å². The number of furan rings is 1. The van der Waals surface area contributed by atoms with E-state index in [2.05, 4.69) is 26.0 Å². The van der Waals surface area contributed by atoms with Gasteiger partial charge in [-0.1, -0.05) is 27.5 Å². The van der Waals surface area contributed by atoms with E-state index in [0.717, 1.165) is 10.2 Å². The van der Waals surface area contributed by atoms with Crippen LogP contribution in [0, 0.1) is 0 Å². The van der Waals surface area contributed by atoms with Gasteiger partial charge in [-0.15, -0.1) is 0 Å². The second kappa shape index (κ2) is 6.12. The van der Waals surface area contributed by atoms with E-state index >= 15 is 0 Å². The molecule has 0 aliphatic carbocycles. The maximum absolute atomic E-state index is 11.5. The van der Waals surface area contributed by atoms with E-state index in [1.165, 1.54) is 13.4 Å². The highest BCUT2D eigenvalue weighted by Gasteiger charge is 2.15. The summed E-state index contributed by atoms with van der Waals surface area (Å²) >= 11 is 9.44. The molecule has 2 rings (SSSR count). The summed E-state index contributed by atoms with van der Waals surface area (Å²) in [4.78, 5) is 11.5. The number of benzene rings is 1. The van der Waals surface area contributed by atoms with E-state index in [4.69, 9.17) is 16.0 Å². The van der Waals surface area contributed by atoms with Crippen LogP contribution in [-0.4, -0.2) is 13.1 Å². The molecule has 0 bridgehead atoms. The lowest BCUT2D eigenvalue weighted by molar-refractivity contribution is 0.0563. The van der Waals surface area contributed by atoms with Gasteiger partial charge in [-0.05, 0) is 24.3 Å². The quantitative estimate of drug-likeness (QED) is 0.849. The number of rotatable bonds is 4. The molecule has 1 aromatic carbocycles. The first-order valence-electron chi connectivity index (χ1n) is 5.45. The van der Waals surface area contributed by atoms with E-state index in [0.29, 0.717) is 17.1 Å². The van der Waals surface area contributed by atoms with Crippen LogP contribution in [0.5, 0.6) is 0 Å². The Balaban J connectivity index is 2.13. The highest BCUT2D eigenvalue weighted by molar-refractivity contribution is 9.10. The van der Waals surface area contributed by atoms with Crippen molar-refractivity contribution >= 4 is 39.2 Å². The zero-order valence-electron chi connectivity index (χ0n) is 10.1. The number of nitrogens with one attached hydrogen (secondary N) is 1. The molecular formula is C13H11BrClNO3. The lowest BCUT2D eigenvalue weighted by Gasteiger charge is -2.08. The van der Waals surface area contributed by atoms with E-state index in [1.54, 1.807) is 12.1 Å². The maximum Gasteiger partial charge on any atom is 0.374 e. The summed E-state index contributed by atoms with van der Waals surface area (Å²) in [5.74, 6) is -0.303. The molecule has 0 unspecified atom stereocenters. The molecule has 0 fully saturated rings. The normalized spacial score (nSPS) is 10.3. The molecule has 0 aliphatic heterocycles. The molecule has 2 aromatic rings. The molecule has 0 radical (unpaired) electrons. The molecule has 0 saturated carbocycles. The molecular weight excluding hydrogens is 334 g/mol. The number of ether oxygens (including phenoxy) is 1. The van der Waals surface area contributed by atoms with Gasteiger partial charge in [-0.2, -0.15) is 0 Å². The Morgan fingerprint density at radius 1 is 1.47 bits per heavy atom. The van der Waals surface area contributed by atoms with Crippen molar-refractivity contribution in [1.29, 1.82) is 0 Å². The van der Waals surface area contributed by atoms with Gasteiger partial charge in [0.15, 0.2) is 0 Å². The van der Waals surface area contributed by atoms with Crippen molar-refractivity contribution < 1.29 is 13.9 Å². The Hall–Kier alpha value is -1.46. The molecule has 0 saturated heterocycles. The van der Waals surface area contributed by atoms with Crippen molar-refractivity contribution in [1.82, 2.24) is 0 Å². The fourth-order valence-electron chi connectivity index (χ4n) is 1.57. The molecule has 19 heavy (non-hydrogen) atoms. The van der Waals surface area contributed by atoms with Crippen LogP contribution in [0.25, 0.3) is 0 Å². The van der Waals surface area contributed by atoms with E-state index in [1.807, 2.05) is 12.1 Å². The standard InChI is InChI=1S/C13H11BrClNO3/c1-18-13(17)12-8(4-5-19-12)7-16-11-6-9(14)2-3-10(11)15/h2-6,16H,7H2,1H3. The van der Waals surface area contributed by atoms with E-state index in [9.17, 15) is 4.79 Å². The van der Waals surface area contributed by atoms with Crippen LogP contribution < -0.4 is 5.32 Å². The van der Waals surface area contributed by atoms with E-state index in [-0.39, 0.29) is 5.76 Å². The Morgan fingerprint density at radius 3 is 3.00 bits per heavy atom. The lowest BCUT2D eigenvalue weighted by atomic mass is 10.2. The first kappa shape index (κ1) is 14.0. The van der Waals surface area contributed by atoms with Crippen LogP contribution in [0.2, 0.25) is 5.02 Å². The monoisotopic (exact) mass is 343 g/mol. The highest BCUT2D eigenvalue weighted by Crippen LogP contribution is 2.26. The SMILES string of the molecule is COC(=O)c1occc1CNc1cc(Br)ccc1Cl. The van der Waals surface area contributed by atoms with Crippen LogP contribution in [-0.2, 0) is 11.3 Å². The predicted octanol–water partition coefficient (Wildman–Crippen LogP) is 4.09. The van der Waals surface area contributed by atoms with Gasteiger partial charge in [-0.3, -0.25) is 0 Å². The second-order valence-electron chi connectivity index (χ2n) is 3.74. The summed E-state index contributed by atoms with van der Waals surface area (Å²) in [5.41, 5.74) is 1.48. The molecule has 0 aliphatic rings. The number of halogens is 2. The third-order valence-electron chi connectivity index (χ3n) is 2.52. The average molecular weight is 345 g/mol. The number of hydrogen-bond acceptors (Lipinski definition) is 4. The van der Waals surface area contributed by atoms with Gasteiger partial charge in [0.05, 0.1) is 24.1 Å². The van der Waals surface area contributed by atoms with Gasteiger partial charge in [0.2, 0.25) is 5.76 Å². The second-order valence-corrected chi connectivity index (χ2v) is 5.07. The Morgan fingerprint density at radius 2 is 2.26 bits per heavy atom. The first-order valence-corrected chi connectivity index (χ1v) is 6.62. The van der Waals surface area contributed by atoms with Gasteiger partial charge < -0.3 is 14.5 Å². The minimum absolute atomic E-state index is 0.195. The van der Waals surface area contributed by atoms with Gasteiger partial charge in [0.25, 0.3) is 0 Å². The largest absolute Gasteiger partial charge is 0.463 e. The molecule has 1 heterocycles.